The van der Waals surface area contributed by atoms with Gasteiger partial charge in [-0.3, -0.25) is 0 Å². The average molecular weight is 462 g/mol. The Morgan fingerprint density at radius 1 is 1.38 bits per heavy atom. The predicted octanol–water partition coefficient (Wildman–Crippen LogP) is 4.06. The summed E-state index contributed by atoms with van der Waals surface area (Å²) in [4.78, 5) is 9.01. The molecule has 0 amide bonds. The van der Waals surface area contributed by atoms with Gasteiger partial charge in [-0.2, -0.15) is 0 Å². The highest BCUT2D eigenvalue weighted by Gasteiger charge is 2.19. The number of benzene rings is 1. The largest absolute Gasteiger partial charge is 0.454 e. The number of nitrogens with zero attached hydrogens (tertiary/aromatic N) is 2. The summed E-state index contributed by atoms with van der Waals surface area (Å²) >= 11 is 5.72. The first kappa shape index (κ1) is 14.8. The molecule has 1 aromatic heterocycles. The lowest BCUT2D eigenvalue weighted by molar-refractivity contribution is 0.173. The fourth-order valence-corrected chi connectivity index (χ4v) is 2.98. The fourth-order valence-electron chi connectivity index (χ4n) is 1.97. The number of fused-ring (bicyclic) bond motifs is 1. The van der Waals surface area contributed by atoms with E-state index in [0.29, 0.717) is 11.6 Å². The van der Waals surface area contributed by atoms with Gasteiger partial charge in [-0.05, 0) is 57.1 Å². The van der Waals surface area contributed by atoms with E-state index in [2.05, 4.69) is 60.7 Å². The first-order chi connectivity index (χ1) is 10.2. The van der Waals surface area contributed by atoms with Crippen LogP contribution in [0.15, 0.2) is 22.8 Å². The maximum atomic E-state index is 5.44. The van der Waals surface area contributed by atoms with Gasteiger partial charge in [-0.25, -0.2) is 9.97 Å². The van der Waals surface area contributed by atoms with Gasteiger partial charge in [0.15, 0.2) is 17.3 Å². The molecule has 1 aliphatic heterocycles. The molecule has 7 heteroatoms. The van der Waals surface area contributed by atoms with E-state index < -0.39 is 0 Å². The van der Waals surface area contributed by atoms with E-state index in [1.165, 1.54) is 0 Å². The minimum atomic E-state index is 0.244. The van der Waals surface area contributed by atoms with Crippen molar-refractivity contribution in [3.8, 4) is 22.9 Å². The van der Waals surface area contributed by atoms with Crippen LogP contribution in [0.1, 0.15) is 13.3 Å². The number of anilines is 1. The standard InChI is InChI=1S/C14H13BrIN3O2/c1-2-3-17-14-10(16)6-18-13(19-14)8-4-9(15)12-11(5-8)20-7-21-12/h4-6H,2-3,7H2,1H3,(H,17,18,19). The molecule has 5 nitrogen and oxygen atoms in total. The Kier molecular flexibility index (Phi) is 4.48. The summed E-state index contributed by atoms with van der Waals surface area (Å²) in [6.07, 6.45) is 2.87. The van der Waals surface area contributed by atoms with Crippen molar-refractivity contribution >= 4 is 44.3 Å². The lowest BCUT2D eigenvalue weighted by atomic mass is 10.2. The molecule has 0 aliphatic carbocycles. The number of rotatable bonds is 4. The second kappa shape index (κ2) is 6.35. The second-order valence-corrected chi connectivity index (χ2v) is 6.53. The third kappa shape index (κ3) is 3.08. The minimum absolute atomic E-state index is 0.244. The number of hydrogen-bond acceptors (Lipinski definition) is 5. The molecule has 1 aromatic carbocycles. The van der Waals surface area contributed by atoms with Crippen LogP contribution in [0, 0.1) is 3.57 Å². The van der Waals surface area contributed by atoms with E-state index in [4.69, 9.17) is 9.47 Å². The maximum absolute atomic E-state index is 5.44. The Labute approximate surface area is 144 Å². The molecule has 3 rings (SSSR count). The first-order valence-electron chi connectivity index (χ1n) is 6.55. The van der Waals surface area contributed by atoms with Crippen molar-refractivity contribution in [3.05, 3.63) is 26.4 Å². The van der Waals surface area contributed by atoms with E-state index in [-0.39, 0.29) is 6.79 Å². The first-order valence-corrected chi connectivity index (χ1v) is 8.42. The second-order valence-electron chi connectivity index (χ2n) is 4.51. The molecule has 0 saturated carbocycles. The van der Waals surface area contributed by atoms with Crippen molar-refractivity contribution in [2.45, 2.75) is 13.3 Å². The number of aromatic nitrogens is 2. The molecule has 21 heavy (non-hydrogen) atoms. The topological polar surface area (TPSA) is 56.3 Å². The highest BCUT2D eigenvalue weighted by Crippen LogP contribution is 2.42. The summed E-state index contributed by atoms with van der Waals surface area (Å²) < 4.78 is 12.7. The van der Waals surface area contributed by atoms with Crippen LogP contribution < -0.4 is 14.8 Å². The normalized spacial score (nSPS) is 12.5. The van der Waals surface area contributed by atoms with Crippen LogP contribution in [0.25, 0.3) is 11.4 Å². The van der Waals surface area contributed by atoms with Crippen LogP contribution in [-0.2, 0) is 0 Å². The minimum Gasteiger partial charge on any atom is -0.454 e. The third-order valence-electron chi connectivity index (χ3n) is 2.97. The quantitative estimate of drug-likeness (QED) is 0.696. The summed E-state index contributed by atoms with van der Waals surface area (Å²) in [6.45, 7) is 3.25. The highest BCUT2D eigenvalue weighted by atomic mass is 127. The smallest absolute Gasteiger partial charge is 0.231 e. The van der Waals surface area contributed by atoms with E-state index in [1.54, 1.807) is 0 Å². The van der Waals surface area contributed by atoms with Crippen LogP contribution >= 0.6 is 38.5 Å². The molecule has 2 aromatic rings. The SMILES string of the molecule is CCCNc1nc(-c2cc(Br)c3c(c2)OCO3)ncc1I. The van der Waals surface area contributed by atoms with Crippen molar-refractivity contribution in [2.75, 3.05) is 18.7 Å². The number of nitrogens with one attached hydrogen (secondary N) is 1. The Morgan fingerprint density at radius 2 is 2.24 bits per heavy atom. The zero-order chi connectivity index (χ0) is 14.8. The number of hydrogen-bond donors (Lipinski definition) is 1. The zero-order valence-corrected chi connectivity index (χ0v) is 15.1. The van der Waals surface area contributed by atoms with Crippen LogP contribution in [0.4, 0.5) is 5.82 Å². The Bertz CT molecular complexity index is 682. The molecule has 2 heterocycles. The molecule has 1 N–H and O–H groups in total. The zero-order valence-electron chi connectivity index (χ0n) is 11.3. The third-order valence-corrected chi connectivity index (χ3v) is 4.35. The van der Waals surface area contributed by atoms with Gasteiger partial charge in [0, 0.05) is 18.3 Å². The molecule has 0 atom stereocenters. The van der Waals surface area contributed by atoms with Crippen LogP contribution in [-0.4, -0.2) is 23.3 Å². The summed E-state index contributed by atoms with van der Waals surface area (Å²) in [7, 11) is 0. The van der Waals surface area contributed by atoms with Crippen LogP contribution in [0.3, 0.4) is 0 Å². The van der Waals surface area contributed by atoms with E-state index in [9.17, 15) is 0 Å². The lowest BCUT2D eigenvalue weighted by Crippen LogP contribution is -2.05. The van der Waals surface area contributed by atoms with Gasteiger partial charge >= 0.3 is 0 Å². The molecular weight excluding hydrogens is 449 g/mol. The van der Waals surface area contributed by atoms with Crippen molar-refractivity contribution in [1.82, 2.24) is 9.97 Å². The van der Waals surface area contributed by atoms with Gasteiger partial charge < -0.3 is 14.8 Å². The van der Waals surface area contributed by atoms with Gasteiger partial charge in [-0.15, -0.1) is 0 Å². The molecule has 1 aliphatic rings. The highest BCUT2D eigenvalue weighted by molar-refractivity contribution is 14.1. The Balaban J connectivity index is 1.99. The molecular formula is C14H13BrIN3O2. The van der Waals surface area contributed by atoms with Gasteiger partial charge in [0.1, 0.15) is 5.82 Å². The molecule has 0 saturated heterocycles. The molecule has 0 spiro atoms. The average Bonchev–Trinajstić information content (AvgIpc) is 2.95. The summed E-state index contributed by atoms with van der Waals surface area (Å²) in [5.41, 5.74) is 0.891. The van der Waals surface area contributed by atoms with Crippen molar-refractivity contribution in [2.24, 2.45) is 0 Å². The molecule has 110 valence electrons. The summed E-state index contributed by atoms with van der Waals surface area (Å²) in [5, 5.41) is 3.31. The van der Waals surface area contributed by atoms with Crippen LogP contribution in [0.2, 0.25) is 0 Å². The molecule has 0 fully saturated rings. The fraction of sp³-hybridized carbons (Fsp3) is 0.286. The van der Waals surface area contributed by atoms with Crippen molar-refractivity contribution in [1.29, 1.82) is 0 Å². The van der Waals surface area contributed by atoms with Gasteiger partial charge in [0.05, 0.1) is 8.04 Å². The van der Waals surface area contributed by atoms with Crippen molar-refractivity contribution < 1.29 is 9.47 Å². The van der Waals surface area contributed by atoms with E-state index in [0.717, 1.165) is 38.1 Å². The molecule has 0 unspecified atom stereocenters. The summed E-state index contributed by atoms with van der Waals surface area (Å²) in [6, 6.07) is 3.85. The predicted molar refractivity (Wildman–Crippen MR) is 92.8 cm³/mol. The number of ether oxygens (including phenoxy) is 2. The monoisotopic (exact) mass is 461 g/mol. The maximum Gasteiger partial charge on any atom is 0.231 e. The molecule has 0 bridgehead atoms. The van der Waals surface area contributed by atoms with Gasteiger partial charge in [0.2, 0.25) is 6.79 Å². The lowest BCUT2D eigenvalue weighted by Gasteiger charge is -2.09. The molecule has 0 radical (unpaired) electrons. The Morgan fingerprint density at radius 3 is 3.05 bits per heavy atom. The van der Waals surface area contributed by atoms with E-state index >= 15 is 0 Å². The van der Waals surface area contributed by atoms with Gasteiger partial charge in [-0.1, -0.05) is 6.92 Å². The summed E-state index contributed by atoms with van der Waals surface area (Å²) in [5.74, 6) is 2.96. The number of halogens is 2. The Hall–Kier alpha value is -1.09. The van der Waals surface area contributed by atoms with Crippen LogP contribution in [0.5, 0.6) is 11.5 Å². The van der Waals surface area contributed by atoms with E-state index in [1.807, 2.05) is 18.3 Å². The van der Waals surface area contributed by atoms with Gasteiger partial charge in [0.25, 0.3) is 0 Å². The van der Waals surface area contributed by atoms with Crippen molar-refractivity contribution in [3.63, 3.8) is 0 Å².